The minimum Gasteiger partial charge on any atom is -0.493 e. The molecule has 2 rings (SSSR count). The highest BCUT2D eigenvalue weighted by Crippen LogP contribution is 2.32. The fourth-order valence-corrected chi connectivity index (χ4v) is 2.16. The van der Waals surface area contributed by atoms with Crippen LogP contribution in [0.3, 0.4) is 0 Å². The molecule has 1 atom stereocenters. The fraction of sp³-hybridized carbons (Fsp3) is 0.250. The van der Waals surface area contributed by atoms with Gasteiger partial charge in [0.25, 0.3) is 0 Å². The zero-order valence-corrected chi connectivity index (χ0v) is 11.9. The van der Waals surface area contributed by atoms with E-state index >= 15 is 0 Å². The van der Waals surface area contributed by atoms with Gasteiger partial charge in [-0.1, -0.05) is 42.8 Å². The summed E-state index contributed by atoms with van der Waals surface area (Å²) < 4.78 is 11.3. The monoisotopic (exact) mass is 276 g/mol. The molecule has 0 aliphatic rings. The molecule has 0 radical (unpaired) electrons. The summed E-state index contributed by atoms with van der Waals surface area (Å²) in [6, 6.07) is 15.4. The maximum atomic E-state index is 6.04. The smallest absolute Gasteiger partial charge is 0.162 e. The van der Waals surface area contributed by atoms with Crippen molar-refractivity contribution in [2.45, 2.75) is 19.4 Å². The van der Waals surface area contributed by atoms with E-state index < -0.39 is 0 Å². The first-order valence-corrected chi connectivity index (χ1v) is 6.67. The second-order valence-corrected chi connectivity index (χ2v) is 4.66. The Morgan fingerprint density at radius 1 is 1.05 bits per heavy atom. The van der Waals surface area contributed by atoms with Crippen LogP contribution in [-0.4, -0.2) is 7.11 Å². The third-order valence-electron chi connectivity index (χ3n) is 2.93. The zero-order chi connectivity index (χ0) is 13.7. The van der Waals surface area contributed by atoms with Crippen molar-refractivity contribution in [2.75, 3.05) is 7.11 Å². The number of hydrogen-bond donors (Lipinski definition) is 0. The molecule has 0 saturated carbocycles. The van der Waals surface area contributed by atoms with Gasteiger partial charge in [0.1, 0.15) is 6.10 Å². The van der Waals surface area contributed by atoms with Crippen molar-refractivity contribution >= 4 is 11.6 Å². The molecule has 0 fully saturated rings. The largest absolute Gasteiger partial charge is 0.493 e. The van der Waals surface area contributed by atoms with E-state index in [0.717, 1.165) is 28.5 Å². The molecule has 100 valence electrons. The van der Waals surface area contributed by atoms with Gasteiger partial charge in [-0.3, -0.25) is 0 Å². The molecule has 19 heavy (non-hydrogen) atoms. The van der Waals surface area contributed by atoms with Crippen LogP contribution in [-0.2, 0) is 0 Å². The van der Waals surface area contributed by atoms with Crippen molar-refractivity contribution in [3.05, 3.63) is 59.1 Å². The molecule has 0 aliphatic heterocycles. The number of hydrogen-bond acceptors (Lipinski definition) is 2. The molecule has 2 aromatic rings. The number of benzene rings is 2. The minimum absolute atomic E-state index is 0.0324. The van der Waals surface area contributed by atoms with E-state index in [1.807, 2.05) is 48.5 Å². The van der Waals surface area contributed by atoms with E-state index in [1.165, 1.54) is 0 Å². The Bertz CT molecular complexity index is 540. The number of para-hydroxylation sites is 2. The van der Waals surface area contributed by atoms with Gasteiger partial charge in [-0.2, -0.15) is 0 Å². The van der Waals surface area contributed by atoms with Crippen molar-refractivity contribution in [3.63, 3.8) is 0 Å². The maximum absolute atomic E-state index is 6.04. The Balaban J connectivity index is 2.24. The number of methoxy groups -OCH3 is 1. The van der Waals surface area contributed by atoms with E-state index in [1.54, 1.807) is 7.11 Å². The molecule has 0 saturated heterocycles. The van der Waals surface area contributed by atoms with Gasteiger partial charge < -0.3 is 9.47 Å². The Morgan fingerprint density at radius 3 is 2.42 bits per heavy atom. The summed E-state index contributed by atoms with van der Waals surface area (Å²) in [6.07, 6.45) is 0.827. The molecule has 2 aromatic carbocycles. The summed E-state index contributed by atoms with van der Waals surface area (Å²) in [7, 11) is 1.64. The van der Waals surface area contributed by atoms with Crippen LogP contribution in [0.5, 0.6) is 11.5 Å². The fourth-order valence-electron chi connectivity index (χ4n) is 1.96. The predicted molar refractivity (Wildman–Crippen MR) is 78.1 cm³/mol. The van der Waals surface area contributed by atoms with Crippen LogP contribution in [0.4, 0.5) is 0 Å². The van der Waals surface area contributed by atoms with Crippen LogP contribution < -0.4 is 9.47 Å². The molecule has 0 amide bonds. The van der Waals surface area contributed by atoms with E-state index in [2.05, 4.69) is 6.92 Å². The topological polar surface area (TPSA) is 18.5 Å². The predicted octanol–water partition coefficient (Wildman–Crippen LogP) is 4.88. The second kappa shape index (κ2) is 6.48. The van der Waals surface area contributed by atoms with Gasteiger partial charge in [0.05, 0.1) is 7.11 Å². The van der Waals surface area contributed by atoms with E-state index in [0.29, 0.717) is 0 Å². The first-order chi connectivity index (χ1) is 9.24. The Morgan fingerprint density at radius 2 is 1.79 bits per heavy atom. The molecule has 1 unspecified atom stereocenters. The summed E-state index contributed by atoms with van der Waals surface area (Å²) >= 11 is 6.03. The van der Waals surface area contributed by atoms with Crippen molar-refractivity contribution in [1.82, 2.24) is 0 Å². The van der Waals surface area contributed by atoms with Crippen molar-refractivity contribution in [1.29, 1.82) is 0 Å². The molecule has 0 spiro atoms. The van der Waals surface area contributed by atoms with Gasteiger partial charge in [0, 0.05) is 5.02 Å². The summed E-state index contributed by atoms with van der Waals surface area (Å²) in [5.41, 5.74) is 1.07. The second-order valence-electron chi connectivity index (χ2n) is 4.22. The van der Waals surface area contributed by atoms with Crippen LogP contribution >= 0.6 is 11.6 Å². The van der Waals surface area contributed by atoms with Gasteiger partial charge >= 0.3 is 0 Å². The summed E-state index contributed by atoms with van der Waals surface area (Å²) in [4.78, 5) is 0. The van der Waals surface area contributed by atoms with Crippen molar-refractivity contribution < 1.29 is 9.47 Å². The lowest BCUT2D eigenvalue weighted by atomic mass is 10.1. The molecular weight excluding hydrogens is 260 g/mol. The van der Waals surface area contributed by atoms with Crippen LogP contribution in [0.15, 0.2) is 48.5 Å². The minimum atomic E-state index is -0.0324. The molecule has 0 aromatic heterocycles. The maximum Gasteiger partial charge on any atom is 0.162 e. The van der Waals surface area contributed by atoms with Crippen LogP contribution in [0.25, 0.3) is 0 Å². The van der Waals surface area contributed by atoms with Crippen molar-refractivity contribution in [3.8, 4) is 11.5 Å². The summed E-state index contributed by atoms with van der Waals surface area (Å²) in [6.45, 7) is 2.08. The number of rotatable bonds is 5. The summed E-state index contributed by atoms with van der Waals surface area (Å²) in [5, 5.41) is 0.722. The van der Waals surface area contributed by atoms with Gasteiger partial charge in [-0.15, -0.1) is 0 Å². The van der Waals surface area contributed by atoms with E-state index in [-0.39, 0.29) is 6.10 Å². The Hall–Kier alpha value is -1.67. The average molecular weight is 277 g/mol. The van der Waals surface area contributed by atoms with Crippen molar-refractivity contribution in [2.24, 2.45) is 0 Å². The van der Waals surface area contributed by atoms with Gasteiger partial charge in [0.15, 0.2) is 11.5 Å². The quantitative estimate of drug-likeness (QED) is 0.775. The van der Waals surface area contributed by atoms with E-state index in [4.69, 9.17) is 21.1 Å². The van der Waals surface area contributed by atoms with E-state index in [9.17, 15) is 0 Å². The number of ether oxygens (including phenoxy) is 2. The number of halogens is 1. The molecule has 0 aliphatic carbocycles. The lowest BCUT2D eigenvalue weighted by Gasteiger charge is -2.19. The van der Waals surface area contributed by atoms with Crippen LogP contribution in [0, 0.1) is 0 Å². The standard InChI is InChI=1S/C16H17ClO2/c1-3-14(12-7-6-8-13(17)11-12)19-16-10-5-4-9-15(16)18-2/h4-11,14H,3H2,1-2H3. The molecule has 0 heterocycles. The van der Waals surface area contributed by atoms with Gasteiger partial charge in [0.2, 0.25) is 0 Å². The Kier molecular flexibility index (Phi) is 4.69. The first kappa shape index (κ1) is 13.8. The summed E-state index contributed by atoms with van der Waals surface area (Å²) in [5.74, 6) is 1.49. The van der Waals surface area contributed by atoms with Gasteiger partial charge in [-0.25, -0.2) is 0 Å². The SMILES string of the molecule is CCC(Oc1ccccc1OC)c1cccc(Cl)c1. The highest BCUT2D eigenvalue weighted by molar-refractivity contribution is 6.30. The Labute approximate surface area is 118 Å². The third-order valence-corrected chi connectivity index (χ3v) is 3.16. The highest BCUT2D eigenvalue weighted by atomic mass is 35.5. The molecule has 0 N–H and O–H groups in total. The highest BCUT2D eigenvalue weighted by Gasteiger charge is 2.13. The third kappa shape index (κ3) is 3.42. The van der Waals surface area contributed by atoms with Crippen LogP contribution in [0.2, 0.25) is 5.02 Å². The molecule has 2 nitrogen and oxygen atoms in total. The lowest BCUT2D eigenvalue weighted by Crippen LogP contribution is -2.07. The zero-order valence-electron chi connectivity index (χ0n) is 11.1. The van der Waals surface area contributed by atoms with Gasteiger partial charge in [-0.05, 0) is 36.2 Å². The normalized spacial score (nSPS) is 11.9. The first-order valence-electron chi connectivity index (χ1n) is 6.29. The lowest BCUT2D eigenvalue weighted by molar-refractivity contribution is 0.192. The van der Waals surface area contributed by atoms with Crippen LogP contribution in [0.1, 0.15) is 25.0 Å². The average Bonchev–Trinajstić information content (AvgIpc) is 2.45. The molecular formula is C16H17ClO2. The molecule has 0 bridgehead atoms. The molecule has 3 heteroatoms.